The van der Waals surface area contributed by atoms with Crippen LogP contribution in [0.2, 0.25) is 0 Å². The van der Waals surface area contributed by atoms with E-state index in [9.17, 15) is 13.2 Å². The number of allylic oxidation sites excluding steroid dienone is 1. The van der Waals surface area contributed by atoms with Crippen LogP contribution in [0.5, 0.6) is 0 Å². The van der Waals surface area contributed by atoms with E-state index in [-0.39, 0.29) is 5.76 Å². The normalized spacial score (nSPS) is 25.5. The van der Waals surface area contributed by atoms with Crippen molar-refractivity contribution >= 4 is 13.3 Å². The summed E-state index contributed by atoms with van der Waals surface area (Å²) in [6, 6.07) is 8.42. The minimum absolute atomic E-state index is 0.0288. The summed E-state index contributed by atoms with van der Waals surface area (Å²) < 4.78 is 61.0. The van der Waals surface area contributed by atoms with Crippen molar-refractivity contribution < 1.29 is 31.3 Å². The molecule has 0 saturated heterocycles. The van der Waals surface area contributed by atoms with E-state index < -0.39 is 19.3 Å². The summed E-state index contributed by atoms with van der Waals surface area (Å²) in [7, 11) is -1.56. The van der Waals surface area contributed by atoms with Gasteiger partial charge in [0.05, 0.1) is 0 Å². The molecule has 0 radical (unpaired) electrons. The van der Waals surface area contributed by atoms with Gasteiger partial charge in [0.25, 0.3) is 0 Å². The van der Waals surface area contributed by atoms with Gasteiger partial charge in [0.2, 0.25) is 0 Å². The predicted molar refractivity (Wildman–Crippen MR) is 73.3 cm³/mol. The van der Waals surface area contributed by atoms with E-state index in [2.05, 4.69) is 0 Å². The number of hydrogen-bond acceptors (Lipinski definition) is 4. The minimum atomic E-state index is -4.82. The van der Waals surface area contributed by atoms with E-state index >= 15 is 0 Å². The molecule has 1 aliphatic rings. The van der Waals surface area contributed by atoms with Crippen LogP contribution in [0.25, 0.3) is 5.76 Å². The summed E-state index contributed by atoms with van der Waals surface area (Å²) in [6.07, 6.45) is -3.68. The van der Waals surface area contributed by atoms with Crippen LogP contribution in [-0.4, -0.2) is 33.2 Å². The third-order valence-corrected chi connectivity index (χ3v) is 7.26. The maximum atomic E-state index is 13.4. The third-order valence-electron chi connectivity index (χ3n) is 3.41. The van der Waals surface area contributed by atoms with Gasteiger partial charge in [0, 0.05) is 0 Å². The summed E-state index contributed by atoms with van der Waals surface area (Å²) in [6.45, 7) is 0. The monoisotopic (exact) mass is 324 g/mol. The molecule has 0 N–H and O–H groups in total. The van der Waals surface area contributed by atoms with E-state index in [0.29, 0.717) is 5.56 Å². The molecule has 0 fully saturated rings. The van der Waals surface area contributed by atoms with Gasteiger partial charge >= 0.3 is 120 Å². The topological polar surface area (TPSA) is 36.9 Å². The van der Waals surface area contributed by atoms with Gasteiger partial charge in [-0.15, -0.1) is 0 Å². The SMILES string of the molecule is COP1(OC)(OC)OC(c2ccccc2)=CC1C(F)(F)F. The van der Waals surface area contributed by atoms with Crippen LogP contribution in [0, 0.1) is 0 Å². The van der Waals surface area contributed by atoms with Crippen molar-refractivity contribution in [3.63, 3.8) is 0 Å². The van der Waals surface area contributed by atoms with Crippen LogP contribution in [0.3, 0.4) is 0 Å². The van der Waals surface area contributed by atoms with Crippen LogP contribution in [0.4, 0.5) is 13.2 Å². The zero-order valence-corrected chi connectivity index (χ0v) is 12.6. The van der Waals surface area contributed by atoms with Gasteiger partial charge in [-0.3, -0.25) is 0 Å². The Bertz CT molecular complexity index is 529. The first kappa shape index (κ1) is 16.2. The summed E-state index contributed by atoms with van der Waals surface area (Å²) >= 11 is 0. The average molecular weight is 324 g/mol. The molecule has 0 spiro atoms. The van der Waals surface area contributed by atoms with E-state index in [1.807, 2.05) is 0 Å². The summed E-state index contributed by atoms with van der Waals surface area (Å²) in [4.78, 5) is 0. The van der Waals surface area contributed by atoms with Gasteiger partial charge in [-0.2, -0.15) is 0 Å². The Hall–Kier alpha value is -1.14. The molecule has 1 aliphatic heterocycles. The quantitative estimate of drug-likeness (QED) is 0.780. The van der Waals surface area contributed by atoms with Crippen molar-refractivity contribution in [2.24, 2.45) is 0 Å². The van der Waals surface area contributed by atoms with Crippen LogP contribution < -0.4 is 0 Å². The molecule has 0 saturated carbocycles. The molecule has 0 aromatic heterocycles. The molecule has 21 heavy (non-hydrogen) atoms. The van der Waals surface area contributed by atoms with E-state index in [0.717, 1.165) is 27.4 Å². The molecular formula is C13H16F3O4P. The van der Waals surface area contributed by atoms with Crippen LogP contribution in [0.15, 0.2) is 36.4 Å². The van der Waals surface area contributed by atoms with E-state index in [4.69, 9.17) is 18.1 Å². The molecule has 118 valence electrons. The molecule has 4 nitrogen and oxygen atoms in total. The van der Waals surface area contributed by atoms with Crippen LogP contribution in [0.1, 0.15) is 5.56 Å². The van der Waals surface area contributed by atoms with Gasteiger partial charge < -0.3 is 0 Å². The van der Waals surface area contributed by atoms with Gasteiger partial charge in [-0.05, 0) is 0 Å². The predicted octanol–water partition coefficient (Wildman–Crippen LogP) is 4.14. The number of halogens is 3. The zero-order valence-electron chi connectivity index (χ0n) is 11.8. The summed E-state index contributed by atoms with van der Waals surface area (Å²) in [5, 5.41) is 0. The standard InChI is InChI=1S/C13H16F3O4P/c1-17-21(18-2,19-3)12(13(14,15)16)9-11(20-21)10-7-5-4-6-8-10/h4-9,12H,1-3H3. The van der Waals surface area contributed by atoms with Crippen molar-refractivity contribution in [3.8, 4) is 0 Å². The fourth-order valence-corrected chi connectivity index (χ4v) is 5.13. The molecule has 1 atom stereocenters. The Kier molecular flexibility index (Phi) is 4.06. The second-order valence-electron chi connectivity index (χ2n) is 4.39. The molecule has 0 aliphatic carbocycles. The van der Waals surface area contributed by atoms with Gasteiger partial charge in [-0.25, -0.2) is 0 Å². The molecule has 0 bridgehead atoms. The fraction of sp³-hybridized carbons (Fsp3) is 0.385. The molecule has 8 heteroatoms. The molecule has 1 heterocycles. The fourth-order valence-electron chi connectivity index (χ4n) is 2.29. The first-order valence-electron chi connectivity index (χ1n) is 6.06. The second kappa shape index (κ2) is 5.25. The van der Waals surface area contributed by atoms with Gasteiger partial charge in [0.1, 0.15) is 0 Å². The zero-order chi connectivity index (χ0) is 15.8. The van der Waals surface area contributed by atoms with Crippen LogP contribution >= 0.6 is 7.51 Å². The molecule has 1 unspecified atom stereocenters. The Morgan fingerprint density at radius 3 is 1.90 bits per heavy atom. The molecular weight excluding hydrogens is 308 g/mol. The first-order chi connectivity index (χ1) is 9.81. The number of benzene rings is 1. The Morgan fingerprint density at radius 1 is 1.00 bits per heavy atom. The Balaban J connectivity index is 2.56. The van der Waals surface area contributed by atoms with E-state index in [1.165, 1.54) is 0 Å². The number of rotatable bonds is 4. The molecule has 1 aromatic carbocycles. The van der Waals surface area contributed by atoms with Crippen molar-refractivity contribution in [2.75, 3.05) is 21.3 Å². The van der Waals surface area contributed by atoms with Crippen LogP contribution in [-0.2, 0) is 18.1 Å². The molecule has 0 amide bonds. The van der Waals surface area contributed by atoms with Crippen molar-refractivity contribution in [2.45, 2.75) is 11.8 Å². The summed E-state index contributed by atoms with van der Waals surface area (Å²) in [5.74, 6) is 0.0288. The number of hydrogen-bond donors (Lipinski definition) is 0. The van der Waals surface area contributed by atoms with Crippen molar-refractivity contribution in [1.82, 2.24) is 0 Å². The number of alkyl halides is 3. The Labute approximate surface area is 120 Å². The summed E-state index contributed by atoms with van der Waals surface area (Å²) in [5.41, 5.74) is -1.62. The molecule has 2 rings (SSSR count). The van der Waals surface area contributed by atoms with E-state index in [1.54, 1.807) is 30.3 Å². The Morgan fingerprint density at radius 2 is 1.52 bits per heavy atom. The average Bonchev–Trinajstić information content (AvgIpc) is 2.86. The second-order valence-corrected chi connectivity index (χ2v) is 7.96. The van der Waals surface area contributed by atoms with Crippen molar-refractivity contribution in [1.29, 1.82) is 0 Å². The molecule has 1 aromatic rings. The van der Waals surface area contributed by atoms with Gasteiger partial charge in [0.15, 0.2) is 0 Å². The first-order valence-corrected chi connectivity index (χ1v) is 8.03. The van der Waals surface area contributed by atoms with Crippen molar-refractivity contribution in [3.05, 3.63) is 42.0 Å². The maximum absolute atomic E-state index is 13.4. The van der Waals surface area contributed by atoms with Gasteiger partial charge in [-0.1, -0.05) is 0 Å². The third kappa shape index (κ3) is 2.44.